The maximum atomic E-state index is 12.1. The number of ether oxygens (including phenoxy) is 2. The molecule has 1 atom stereocenters. The van der Waals surface area contributed by atoms with E-state index in [2.05, 4.69) is 9.72 Å². The normalized spacial score (nSPS) is 12.2. The highest BCUT2D eigenvalue weighted by Crippen LogP contribution is 2.29. The predicted molar refractivity (Wildman–Crippen MR) is 89.5 cm³/mol. The molecule has 150 valence electrons. The Hall–Kier alpha value is -3.34. The van der Waals surface area contributed by atoms with Gasteiger partial charge < -0.3 is 20.3 Å². The van der Waals surface area contributed by atoms with E-state index in [1.807, 2.05) is 5.32 Å². The number of nitrogens with one attached hydrogen (secondary N) is 1. The molecule has 1 aromatic carbocycles. The average Bonchev–Trinajstić information content (AvgIpc) is 2.60. The number of halogens is 3. The van der Waals surface area contributed by atoms with Crippen molar-refractivity contribution < 1.29 is 37.3 Å². The molecule has 1 aromatic heterocycles. The van der Waals surface area contributed by atoms with Crippen molar-refractivity contribution in [3.63, 3.8) is 0 Å². The Balaban J connectivity index is 2.05. The first-order chi connectivity index (χ1) is 13.1. The molecule has 4 N–H and O–H groups in total. The average molecular weight is 399 g/mol. The molecule has 8 nitrogen and oxygen atoms in total. The van der Waals surface area contributed by atoms with Gasteiger partial charge in [-0.2, -0.15) is 0 Å². The van der Waals surface area contributed by atoms with Crippen LogP contribution >= 0.6 is 0 Å². The van der Waals surface area contributed by atoms with Gasteiger partial charge in [-0.05, 0) is 24.6 Å². The molecule has 0 aliphatic heterocycles. The van der Waals surface area contributed by atoms with Crippen LogP contribution in [0.25, 0.3) is 0 Å². The summed E-state index contributed by atoms with van der Waals surface area (Å²) in [4.78, 5) is 27.2. The number of nitrogens with two attached hydrogens (primary N) is 1. The number of pyridine rings is 1. The smallest absolute Gasteiger partial charge is 0.503 e. The van der Waals surface area contributed by atoms with Crippen LogP contribution in [0, 0.1) is 0 Å². The summed E-state index contributed by atoms with van der Waals surface area (Å²) in [7, 11) is 0. The van der Waals surface area contributed by atoms with E-state index in [9.17, 15) is 27.9 Å². The van der Waals surface area contributed by atoms with Crippen molar-refractivity contribution in [3.05, 3.63) is 47.8 Å². The van der Waals surface area contributed by atoms with E-state index in [-0.39, 0.29) is 18.1 Å². The molecular formula is C17H16F3N3O5. The first kappa shape index (κ1) is 21.0. The molecule has 2 amide bonds. The second kappa shape index (κ2) is 8.57. The van der Waals surface area contributed by atoms with Gasteiger partial charge in [0.2, 0.25) is 5.91 Å². The Morgan fingerprint density at radius 3 is 2.46 bits per heavy atom. The summed E-state index contributed by atoms with van der Waals surface area (Å²) in [5, 5.41) is 12.1. The molecule has 0 saturated heterocycles. The lowest BCUT2D eigenvalue weighted by Crippen LogP contribution is -2.41. The molecule has 0 fully saturated rings. The fourth-order valence-electron chi connectivity index (χ4n) is 1.95. The Kier molecular flexibility index (Phi) is 6.41. The Bertz CT molecular complexity index is 854. The first-order valence-electron chi connectivity index (χ1n) is 7.83. The van der Waals surface area contributed by atoms with Crippen molar-refractivity contribution in [2.24, 2.45) is 5.73 Å². The summed E-state index contributed by atoms with van der Waals surface area (Å²) in [6.07, 6.45) is -3.61. The number of hydrogen-bond acceptors (Lipinski definition) is 7. The molecule has 1 heterocycles. The number of nitrogens with zero attached hydrogens (tertiary/aromatic N) is 1. The number of carbonyl (C=O) groups is 2. The van der Waals surface area contributed by atoms with E-state index < -0.39 is 35.7 Å². The number of aromatic hydroxyl groups is 1. The first-order valence-corrected chi connectivity index (χ1v) is 7.83. The highest BCUT2D eigenvalue weighted by Gasteiger charge is 2.31. The largest absolute Gasteiger partial charge is 0.573 e. The van der Waals surface area contributed by atoms with Gasteiger partial charge in [-0.25, -0.2) is 4.98 Å². The predicted octanol–water partition coefficient (Wildman–Crippen LogP) is 1.87. The van der Waals surface area contributed by atoms with Gasteiger partial charge in [-0.1, -0.05) is 12.1 Å². The van der Waals surface area contributed by atoms with E-state index >= 15 is 0 Å². The fraction of sp³-hybridized carbons (Fsp3) is 0.235. The number of alkyl halides is 3. The second-order valence-electron chi connectivity index (χ2n) is 5.59. The third-order valence-electron chi connectivity index (χ3n) is 3.30. The molecule has 0 unspecified atom stereocenters. The van der Waals surface area contributed by atoms with E-state index in [1.165, 1.54) is 31.3 Å². The zero-order valence-corrected chi connectivity index (χ0v) is 14.5. The molecule has 0 radical (unpaired) electrons. The summed E-state index contributed by atoms with van der Waals surface area (Å²) in [5.74, 6) is -2.81. The summed E-state index contributed by atoms with van der Waals surface area (Å²) in [6, 6.07) is 5.24. The molecule has 0 aliphatic carbocycles. The van der Waals surface area contributed by atoms with Crippen LogP contribution in [0.2, 0.25) is 0 Å². The number of amides is 2. The molecule has 28 heavy (non-hydrogen) atoms. The molecule has 0 saturated carbocycles. The van der Waals surface area contributed by atoms with Crippen molar-refractivity contribution in [1.82, 2.24) is 10.3 Å². The van der Waals surface area contributed by atoms with Crippen LogP contribution in [0.3, 0.4) is 0 Å². The van der Waals surface area contributed by atoms with Gasteiger partial charge in [0.1, 0.15) is 12.4 Å². The Morgan fingerprint density at radius 2 is 1.89 bits per heavy atom. The van der Waals surface area contributed by atoms with Crippen molar-refractivity contribution in [3.8, 4) is 17.2 Å². The van der Waals surface area contributed by atoms with Gasteiger partial charge >= 0.3 is 6.36 Å². The SMILES string of the molecule is C[C@H](N)C(=O)NC(=O)c1nccc(OCc2ccc(OC(F)(F)F)cc2)c1O. The highest BCUT2D eigenvalue weighted by molar-refractivity contribution is 6.06. The minimum Gasteiger partial charge on any atom is -0.503 e. The van der Waals surface area contributed by atoms with Gasteiger partial charge in [0, 0.05) is 12.3 Å². The maximum absolute atomic E-state index is 12.1. The third kappa shape index (κ3) is 5.84. The molecule has 0 aliphatic rings. The number of benzene rings is 1. The fourth-order valence-corrected chi connectivity index (χ4v) is 1.95. The van der Waals surface area contributed by atoms with Crippen LogP contribution in [0.4, 0.5) is 13.2 Å². The summed E-state index contributed by atoms with van der Waals surface area (Å²) in [5.41, 5.74) is 5.38. The van der Waals surface area contributed by atoms with E-state index in [4.69, 9.17) is 10.5 Å². The zero-order chi connectivity index (χ0) is 20.9. The molecule has 2 aromatic rings. The zero-order valence-electron chi connectivity index (χ0n) is 14.5. The molecular weight excluding hydrogens is 383 g/mol. The summed E-state index contributed by atoms with van der Waals surface area (Å²) in [6.45, 7) is 1.25. The van der Waals surface area contributed by atoms with Crippen LogP contribution in [-0.2, 0) is 11.4 Å². The molecule has 11 heteroatoms. The van der Waals surface area contributed by atoms with Gasteiger partial charge in [0.25, 0.3) is 5.91 Å². The Morgan fingerprint density at radius 1 is 1.25 bits per heavy atom. The molecule has 2 rings (SSSR count). The maximum Gasteiger partial charge on any atom is 0.573 e. The minimum absolute atomic E-state index is 0.107. The minimum atomic E-state index is -4.79. The van der Waals surface area contributed by atoms with Crippen molar-refractivity contribution >= 4 is 11.8 Å². The highest BCUT2D eigenvalue weighted by atomic mass is 19.4. The lowest BCUT2D eigenvalue weighted by Gasteiger charge is -2.12. The molecule has 0 spiro atoms. The number of carbonyl (C=O) groups excluding carboxylic acids is 2. The summed E-state index contributed by atoms with van der Waals surface area (Å²) < 4.78 is 45.5. The van der Waals surface area contributed by atoms with Crippen molar-refractivity contribution in [2.45, 2.75) is 25.9 Å². The van der Waals surface area contributed by atoms with Crippen molar-refractivity contribution in [1.29, 1.82) is 0 Å². The molecule has 0 bridgehead atoms. The topological polar surface area (TPSA) is 124 Å². The van der Waals surface area contributed by atoms with Crippen LogP contribution in [0.1, 0.15) is 23.0 Å². The second-order valence-corrected chi connectivity index (χ2v) is 5.59. The van der Waals surface area contributed by atoms with Gasteiger partial charge in [-0.15, -0.1) is 13.2 Å². The van der Waals surface area contributed by atoms with Gasteiger partial charge in [0.15, 0.2) is 17.2 Å². The quantitative estimate of drug-likeness (QED) is 0.677. The standard InChI is InChI=1S/C17H16F3N3O5/c1-9(21)15(25)23-16(26)13-14(24)12(6-7-22-13)27-8-10-2-4-11(5-3-10)28-17(18,19)20/h2-7,9,24H,8,21H2,1H3,(H,23,25,26)/t9-/m0/s1. The third-order valence-corrected chi connectivity index (χ3v) is 3.30. The van der Waals surface area contributed by atoms with Crippen LogP contribution < -0.4 is 20.5 Å². The number of aromatic nitrogens is 1. The van der Waals surface area contributed by atoms with Crippen molar-refractivity contribution in [2.75, 3.05) is 0 Å². The van der Waals surface area contributed by atoms with E-state index in [0.717, 1.165) is 12.1 Å². The number of rotatable bonds is 6. The number of imide groups is 1. The van der Waals surface area contributed by atoms with E-state index in [0.29, 0.717) is 5.56 Å². The lowest BCUT2D eigenvalue weighted by atomic mass is 10.2. The van der Waals surface area contributed by atoms with Gasteiger partial charge in [-0.3, -0.25) is 14.9 Å². The Labute approximate surface area is 157 Å². The lowest BCUT2D eigenvalue weighted by molar-refractivity contribution is -0.274. The van der Waals surface area contributed by atoms with E-state index in [1.54, 1.807) is 0 Å². The van der Waals surface area contributed by atoms with Crippen LogP contribution in [0.15, 0.2) is 36.5 Å². The monoisotopic (exact) mass is 399 g/mol. The summed E-state index contributed by atoms with van der Waals surface area (Å²) >= 11 is 0. The number of hydrogen-bond donors (Lipinski definition) is 3. The van der Waals surface area contributed by atoms with Gasteiger partial charge in [0.05, 0.1) is 6.04 Å². The van der Waals surface area contributed by atoms with Crippen LogP contribution in [-0.4, -0.2) is 34.3 Å². The van der Waals surface area contributed by atoms with Crippen LogP contribution in [0.5, 0.6) is 17.2 Å².